The van der Waals surface area contributed by atoms with Gasteiger partial charge in [-0.2, -0.15) is 0 Å². The smallest absolute Gasteiger partial charge is 0.159 e. The summed E-state index contributed by atoms with van der Waals surface area (Å²) in [6.45, 7) is 1.56. The fourth-order valence-electron chi connectivity index (χ4n) is 1.78. The maximum absolute atomic E-state index is 11.2. The highest BCUT2D eigenvalue weighted by Crippen LogP contribution is 2.12. The topological polar surface area (TPSA) is 41.5 Å². The van der Waals surface area contributed by atoms with Gasteiger partial charge in [-0.05, 0) is 31.2 Å². The number of amidine groups is 1. The molecule has 3 heteroatoms. The van der Waals surface area contributed by atoms with Crippen LogP contribution in [0.3, 0.4) is 0 Å². The summed E-state index contributed by atoms with van der Waals surface area (Å²) in [6, 6.07) is 17.3. The summed E-state index contributed by atoms with van der Waals surface area (Å²) in [5.41, 5.74) is 2.65. The van der Waals surface area contributed by atoms with Gasteiger partial charge in [0.05, 0.1) is 0 Å². The predicted octanol–water partition coefficient (Wildman–Crippen LogP) is 3.38. The Balaban J connectivity index is 2.18. The predicted molar refractivity (Wildman–Crippen MR) is 79.0 cm³/mol. The molecule has 0 spiro atoms. The molecule has 2 rings (SSSR count). The molecule has 0 heterocycles. The van der Waals surface area contributed by atoms with Gasteiger partial charge in [0.15, 0.2) is 5.78 Å². The maximum Gasteiger partial charge on any atom is 0.159 e. The number of rotatable bonds is 3. The Morgan fingerprint density at radius 3 is 2.11 bits per heavy atom. The van der Waals surface area contributed by atoms with E-state index < -0.39 is 0 Å². The van der Waals surface area contributed by atoms with E-state index in [1.807, 2.05) is 54.6 Å². The molecule has 0 aliphatic heterocycles. The molecule has 2 aromatic rings. The quantitative estimate of drug-likeness (QED) is 0.517. The number of Topliss-reactive ketones (excluding diaryl/α,β-unsaturated/α-hetero) is 1. The van der Waals surface area contributed by atoms with E-state index in [2.05, 4.69) is 10.3 Å². The molecule has 0 radical (unpaired) electrons. The van der Waals surface area contributed by atoms with Crippen molar-refractivity contribution in [3.8, 4) is 0 Å². The molecule has 2 aromatic carbocycles. The molecule has 0 aliphatic carbocycles. The molecule has 96 valence electrons. The van der Waals surface area contributed by atoms with Crippen LogP contribution in [0, 0.1) is 0 Å². The van der Waals surface area contributed by atoms with Crippen LogP contribution < -0.4 is 5.32 Å². The lowest BCUT2D eigenvalue weighted by Gasteiger charge is -2.09. The number of aliphatic imine (C=N–C) groups is 1. The zero-order valence-corrected chi connectivity index (χ0v) is 11.1. The summed E-state index contributed by atoms with van der Waals surface area (Å²) in [4.78, 5) is 15.5. The van der Waals surface area contributed by atoms with Crippen LogP contribution in [-0.4, -0.2) is 18.7 Å². The van der Waals surface area contributed by atoms with Crippen LogP contribution in [0.5, 0.6) is 0 Å². The molecule has 0 bridgehead atoms. The third-order valence-electron chi connectivity index (χ3n) is 2.82. The van der Waals surface area contributed by atoms with E-state index in [0.717, 1.165) is 17.1 Å². The van der Waals surface area contributed by atoms with Crippen LogP contribution in [-0.2, 0) is 0 Å². The monoisotopic (exact) mass is 252 g/mol. The van der Waals surface area contributed by atoms with Crippen molar-refractivity contribution in [2.75, 3.05) is 12.4 Å². The summed E-state index contributed by atoms with van der Waals surface area (Å²) < 4.78 is 0. The third kappa shape index (κ3) is 3.28. The largest absolute Gasteiger partial charge is 0.340 e. The maximum atomic E-state index is 11.2. The first-order chi connectivity index (χ1) is 9.20. The van der Waals surface area contributed by atoms with Crippen LogP contribution in [0.4, 0.5) is 5.69 Å². The van der Waals surface area contributed by atoms with Gasteiger partial charge < -0.3 is 5.32 Å². The number of carbonyl (C=O) groups is 1. The normalized spacial score (nSPS) is 11.2. The van der Waals surface area contributed by atoms with Gasteiger partial charge in [-0.25, -0.2) is 0 Å². The zero-order valence-electron chi connectivity index (χ0n) is 11.1. The SMILES string of the molecule is CN=C(Nc1ccc(C(C)=O)cc1)c1ccccc1. The highest BCUT2D eigenvalue weighted by Gasteiger charge is 2.03. The van der Waals surface area contributed by atoms with Crippen LogP contribution in [0.1, 0.15) is 22.8 Å². The van der Waals surface area contributed by atoms with Crippen molar-refractivity contribution in [1.29, 1.82) is 0 Å². The minimum Gasteiger partial charge on any atom is -0.340 e. The van der Waals surface area contributed by atoms with E-state index in [1.165, 1.54) is 0 Å². The van der Waals surface area contributed by atoms with E-state index in [1.54, 1.807) is 14.0 Å². The Labute approximate surface area is 113 Å². The number of hydrogen-bond acceptors (Lipinski definition) is 2. The number of nitrogens with one attached hydrogen (secondary N) is 1. The van der Waals surface area contributed by atoms with E-state index in [4.69, 9.17) is 0 Å². The van der Waals surface area contributed by atoms with Gasteiger partial charge in [0.2, 0.25) is 0 Å². The second-order valence-corrected chi connectivity index (χ2v) is 4.20. The van der Waals surface area contributed by atoms with Gasteiger partial charge in [0.1, 0.15) is 5.84 Å². The van der Waals surface area contributed by atoms with Crippen LogP contribution >= 0.6 is 0 Å². The Morgan fingerprint density at radius 1 is 0.947 bits per heavy atom. The van der Waals surface area contributed by atoms with Crippen molar-refractivity contribution in [2.45, 2.75) is 6.92 Å². The standard InChI is InChI=1S/C16H16N2O/c1-12(19)13-8-10-15(11-9-13)18-16(17-2)14-6-4-3-5-7-14/h3-11H,1-2H3,(H,17,18). The first-order valence-electron chi connectivity index (χ1n) is 6.11. The molecule has 0 unspecified atom stereocenters. The Morgan fingerprint density at radius 2 is 1.58 bits per heavy atom. The molecule has 19 heavy (non-hydrogen) atoms. The first kappa shape index (κ1) is 13.0. The number of ketones is 1. The first-order valence-corrected chi connectivity index (χ1v) is 6.11. The van der Waals surface area contributed by atoms with Gasteiger partial charge in [0, 0.05) is 23.9 Å². The number of benzene rings is 2. The highest BCUT2D eigenvalue weighted by molar-refractivity contribution is 6.08. The lowest BCUT2D eigenvalue weighted by atomic mass is 10.1. The molecule has 0 aliphatic rings. The fraction of sp³-hybridized carbons (Fsp3) is 0.125. The van der Waals surface area contributed by atoms with Gasteiger partial charge in [-0.1, -0.05) is 30.3 Å². The van der Waals surface area contributed by atoms with Crippen molar-refractivity contribution in [3.63, 3.8) is 0 Å². The minimum atomic E-state index is 0.0685. The minimum absolute atomic E-state index is 0.0685. The lowest BCUT2D eigenvalue weighted by molar-refractivity contribution is 0.101. The Bertz CT molecular complexity index is 586. The average Bonchev–Trinajstić information content (AvgIpc) is 2.46. The van der Waals surface area contributed by atoms with Crippen molar-refractivity contribution >= 4 is 17.3 Å². The van der Waals surface area contributed by atoms with Crippen LogP contribution in [0.15, 0.2) is 59.6 Å². The third-order valence-corrected chi connectivity index (χ3v) is 2.82. The highest BCUT2D eigenvalue weighted by atomic mass is 16.1. The summed E-state index contributed by atoms with van der Waals surface area (Å²) in [7, 11) is 1.75. The van der Waals surface area contributed by atoms with Gasteiger partial charge in [-0.15, -0.1) is 0 Å². The van der Waals surface area contributed by atoms with E-state index in [9.17, 15) is 4.79 Å². The van der Waals surface area contributed by atoms with Gasteiger partial charge >= 0.3 is 0 Å². The fourth-order valence-corrected chi connectivity index (χ4v) is 1.78. The molecule has 0 atom stereocenters. The average molecular weight is 252 g/mol. The molecule has 0 saturated carbocycles. The molecular weight excluding hydrogens is 236 g/mol. The molecular formula is C16H16N2O. The van der Waals surface area contributed by atoms with Crippen molar-refractivity contribution in [1.82, 2.24) is 0 Å². The van der Waals surface area contributed by atoms with Crippen molar-refractivity contribution in [2.24, 2.45) is 4.99 Å². The van der Waals surface area contributed by atoms with Crippen molar-refractivity contribution < 1.29 is 4.79 Å². The molecule has 0 fully saturated rings. The number of carbonyl (C=O) groups excluding carboxylic acids is 1. The summed E-state index contributed by atoms with van der Waals surface area (Å²) >= 11 is 0. The van der Waals surface area contributed by atoms with E-state index in [-0.39, 0.29) is 5.78 Å². The van der Waals surface area contributed by atoms with E-state index >= 15 is 0 Å². The van der Waals surface area contributed by atoms with Gasteiger partial charge in [0.25, 0.3) is 0 Å². The molecule has 1 N–H and O–H groups in total. The lowest BCUT2D eigenvalue weighted by Crippen LogP contribution is -2.13. The number of nitrogens with zero attached hydrogens (tertiary/aromatic N) is 1. The van der Waals surface area contributed by atoms with E-state index in [0.29, 0.717) is 5.56 Å². The zero-order chi connectivity index (χ0) is 13.7. The van der Waals surface area contributed by atoms with Crippen LogP contribution in [0.2, 0.25) is 0 Å². The Kier molecular flexibility index (Phi) is 4.08. The number of hydrogen-bond donors (Lipinski definition) is 1. The second kappa shape index (κ2) is 5.96. The van der Waals surface area contributed by atoms with Crippen LogP contribution in [0.25, 0.3) is 0 Å². The second-order valence-electron chi connectivity index (χ2n) is 4.20. The number of anilines is 1. The molecule has 0 amide bonds. The summed E-state index contributed by atoms with van der Waals surface area (Å²) in [6.07, 6.45) is 0. The molecule has 3 nitrogen and oxygen atoms in total. The Hall–Kier alpha value is -2.42. The van der Waals surface area contributed by atoms with Crippen molar-refractivity contribution in [3.05, 3.63) is 65.7 Å². The summed E-state index contributed by atoms with van der Waals surface area (Å²) in [5, 5.41) is 3.25. The summed E-state index contributed by atoms with van der Waals surface area (Å²) in [5.74, 6) is 0.871. The van der Waals surface area contributed by atoms with Gasteiger partial charge in [-0.3, -0.25) is 9.79 Å². The molecule has 0 aromatic heterocycles. The molecule has 0 saturated heterocycles.